The van der Waals surface area contributed by atoms with Crippen molar-refractivity contribution in [2.24, 2.45) is 10.2 Å². The van der Waals surface area contributed by atoms with E-state index in [-0.39, 0.29) is 22.6 Å². The van der Waals surface area contributed by atoms with Crippen molar-refractivity contribution < 1.29 is 24.9 Å². The maximum absolute atomic E-state index is 11.0. The van der Waals surface area contributed by atoms with E-state index in [1.54, 1.807) is 13.0 Å². The molecular weight excluding hydrogens is 288 g/mol. The first-order valence-electron chi connectivity index (χ1n) is 6.20. The minimum Gasteiger partial charge on any atom is -0.507 e. The smallest absolute Gasteiger partial charge is 0.339 e. The number of hydrogen-bond donors (Lipinski definition) is 3. The molecule has 0 bridgehead atoms. The number of phenols is 1. The summed E-state index contributed by atoms with van der Waals surface area (Å²) in [6.07, 6.45) is 0. The van der Waals surface area contributed by atoms with Gasteiger partial charge in [0.1, 0.15) is 11.3 Å². The summed E-state index contributed by atoms with van der Waals surface area (Å²) in [6.45, 7) is 1.55. The Morgan fingerprint density at radius 1 is 0.955 bits per heavy atom. The molecule has 0 radical (unpaired) electrons. The quantitative estimate of drug-likeness (QED) is 0.746. The van der Waals surface area contributed by atoms with Crippen molar-refractivity contribution in [3.05, 3.63) is 53.1 Å². The van der Waals surface area contributed by atoms with Gasteiger partial charge in [-0.25, -0.2) is 9.59 Å². The Hall–Kier alpha value is -3.22. The van der Waals surface area contributed by atoms with E-state index >= 15 is 0 Å². The van der Waals surface area contributed by atoms with Crippen molar-refractivity contribution in [2.75, 3.05) is 0 Å². The number of azo groups is 1. The first-order valence-corrected chi connectivity index (χ1v) is 6.20. The summed E-state index contributed by atoms with van der Waals surface area (Å²) in [7, 11) is 0. The molecule has 22 heavy (non-hydrogen) atoms. The summed E-state index contributed by atoms with van der Waals surface area (Å²) >= 11 is 0. The van der Waals surface area contributed by atoms with E-state index in [9.17, 15) is 14.7 Å². The lowest BCUT2D eigenvalue weighted by molar-refractivity contribution is 0.0684. The van der Waals surface area contributed by atoms with Crippen LogP contribution in [0.2, 0.25) is 0 Å². The Balaban J connectivity index is 2.36. The molecule has 112 valence electrons. The van der Waals surface area contributed by atoms with E-state index in [0.29, 0.717) is 11.3 Å². The third kappa shape index (κ3) is 3.26. The van der Waals surface area contributed by atoms with Crippen LogP contribution in [-0.4, -0.2) is 27.3 Å². The van der Waals surface area contributed by atoms with Gasteiger partial charge in [-0.05, 0) is 42.8 Å². The molecule has 0 heterocycles. The summed E-state index contributed by atoms with van der Waals surface area (Å²) in [5, 5.41) is 35.3. The summed E-state index contributed by atoms with van der Waals surface area (Å²) in [5.74, 6) is -2.67. The zero-order valence-corrected chi connectivity index (χ0v) is 11.5. The molecule has 2 aromatic carbocycles. The number of aryl methyl sites for hydroxylation is 1. The van der Waals surface area contributed by atoms with Crippen LogP contribution in [0.1, 0.15) is 26.3 Å². The second-order valence-electron chi connectivity index (χ2n) is 4.52. The summed E-state index contributed by atoms with van der Waals surface area (Å²) < 4.78 is 0. The van der Waals surface area contributed by atoms with E-state index in [4.69, 9.17) is 10.2 Å². The monoisotopic (exact) mass is 300 g/mol. The number of carboxylic acids is 2. The van der Waals surface area contributed by atoms with Gasteiger partial charge in [-0.2, -0.15) is 10.2 Å². The van der Waals surface area contributed by atoms with Gasteiger partial charge in [0, 0.05) is 0 Å². The first-order chi connectivity index (χ1) is 10.4. The van der Waals surface area contributed by atoms with Gasteiger partial charge < -0.3 is 15.3 Å². The van der Waals surface area contributed by atoms with Crippen molar-refractivity contribution in [3.63, 3.8) is 0 Å². The molecule has 0 saturated carbocycles. The fourth-order valence-electron chi connectivity index (χ4n) is 1.80. The molecule has 0 atom stereocenters. The number of aromatic hydroxyl groups is 1. The van der Waals surface area contributed by atoms with Gasteiger partial charge in [-0.1, -0.05) is 6.07 Å². The highest BCUT2D eigenvalue weighted by atomic mass is 16.4. The molecule has 2 rings (SSSR count). The van der Waals surface area contributed by atoms with E-state index < -0.39 is 11.9 Å². The van der Waals surface area contributed by atoms with E-state index in [2.05, 4.69) is 10.2 Å². The molecule has 2 aromatic rings. The predicted molar refractivity (Wildman–Crippen MR) is 77.4 cm³/mol. The number of nitrogens with zero attached hydrogens (tertiary/aromatic N) is 2. The predicted octanol–water partition coefficient (Wildman–Crippen LogP) is 3.51. The Bertz CT molecular complexity index is 783. The molecule has 0 aliphatic carbocycles. The average Bonchev–Trinajstić information content (AvgIpc) is 2.48. The standard InChI is InChI=1S/C15H12N2O5/c1-8-5-11(7-12(13(8)18)15(21)22)17-16-10-4-2-3-9(6-10)14(19)20/h2-7,18H,1H3,(H,19,20)(H,21,22). The lowest BCUT2D eigenvalue weighted by Gasteiger charge is -2.04. The molecule has 0 saturated heterocycles. The minimum atomic E-state index is -1.27. The van der Waals surface area contributed by atoms with Gasteiger partial charge in [0.25, 0.3) is 0 Å². The third-order valence-corrected chi connectivity index (χ3v) is 2.89. The van der Waals surface area contributed by atoms with Crippen LogP contribution in [0.15, 0.2) is 46.6 Å². The topological polar surface area (TPSA) is 120 Å². The maximum Gasteiger partial charge on any atom is 0.339 e. The van der Waals surface area contributed by atoms with Crippen LogP contribution in [0.5, 0.6) is 5.75 Å². The van der Waals surface area contributed by atoms with Gasteiger partial charge >= 0.3 is 11.9 Å². The second kappa shape index (κ2) is 6.04. The Kier molecular flexibility index (Phi) is 4.17. The molecule has 7 heteroatoms. The Labute approximate surface area is 125 Å². The van der Waals surface area contributed by atoms with E-state index in [1.807, 2.05) is 0 Å². The van der Waals surface area contributed by atoms with Gasteiger partial charge in [0.05, 0.1) is 16.9 Å². The molecule has 0 spiro atoms. The Morgan fingerprint density at radius 3 is 2.27 bits per heavy atom. The maximum atomic E-state index is 11.0. The molecule has 0 aromatic heterocycles. The third-order valence-electron chi connectivity index (χ3n) is 2.89. The van der Waals surface area contributed by atoms with Crippen LogP contribution in [0.3, 0.4) is 0 Å². The van der Waals surface area contributed by atoms with Gasteiger partial charge in [-0.15, -0.1) is 0 Å². The summed E-state index contributed by atoms with van der Waals surface area (Å²) in [4.78, 5) is 21.9. The molecule has 0 aliphatic rings. The number of benzene rings is 2. The fraction of sp³-hybridized carbons (Fsp3) is 0.0667. The number of carboxylic acid groups (broad SMARTS) is 2. The summed E-state index contributed by atoms with van der Waals surface area (Å²) in [5.41, 5.74) is 0.724. The van der Waals surface area contributed by atoms with Crippen LogP contribution >= 0.6 is 0 Å². The molecule has 0 fully saturated rings. The van der Waals surface area contributed by atoms with Crippen molar-refractivity contribution in [1.29, 1.82) is 0 Å². The van der Waals surface area contributed by atoms with Crippen molar-refractivity contribution in [3.8, 4) is 5.75 Å². The molecule has 0 amide bonds. The van der Waals surface area contributed by atoms with Gasteiger partial charge in [0.2, 0.25) is 0 Å². The van der Waals surface area contributed by atoms with Crippen molar-refractivity contribution in [1.82, 2.24) is 0 Å². The second-order valence-corrected chi connectivity index (χ2v) is 4.52. The van der Waals surface area contributed by atoms with Crippen LogP contribution in [0, 0.1) is 6.92 Å². The fourth-order valence-corrected chi connectivity index (χ4v) is 1.80. The normalized spacial score (nSPS) is 10.8. The number of rotatable bonds is 4. The Morgan fingerprint density at radius 2 is 1.64 bits per heavy atom. The lowest BCUT2D eigenvalue weighted by Crippen LogP contribution is -1.97. The zero-order chi connectivity index (χ0) is 16.3. The van der Waals surface area contributed by atoms with Crippen LogP contribution in [-0.2, 0) is 0 Å². The molecule has 3 N–H and O–H groups in total. The minimum absolute atomic E-state index is 0.0737. The molecule has 0 unspecified atom stereocenters. The number of hydrogen-bond acceptors (Lipinski definition) is 5. The highest BCUT2D eigenvalue weighted by Gasteiger charge is 2.13. The van der Waals surface area contributed by atoms with E-state index in [1.165, 1.54) is 30.3 Å². The summed E-state index contributed by atoms with van der Waals surface area (Å²) in [6, 6.07) is 8.54. The van der Waals surface area contributed by atoms with Crippen molar-refractivity contribution >= 4 is 23.3 Å². The highest BCUT2D eigenvalue weighted by Crippen LogP contribution is 2.29. The van der Waals surface area contributed by atoms with Crippen molar-refractivity contribution in [2.45, 2.75) is 6.92 Å². The average molecular weight is 300 g/mol. The largest absolute Gasteiger partial charge is 0.507 e. The van der Waals surface area contributed by atoms with Gasteiger partial charge in [0.15, 0.2) is 0 Å². The number of aromatic carboxylic acids is 2. The van der Waals surface area contributed by atoms with Crippen LogP contribution in [0.4, 0.5) is 11.4 Å². The first kappa shape index (κ1) is 15.2. The van der Waals surface area contributed by atoms with E-state index in [0.717, 1.165) is 0 Å². The lowest BCUT2D eigenvalue weighted by atomic mass is 10.1. The molecule has 7 nitrogen and oxygen atoms in total. The molecular formula is C15H12N2O5. The van der Waals surface area contributed by atoms with Crippen LogP contribution in [0.25, 0.3) is 0 Å². The highest BCUT2D eigenvalue weighted by molar-refractivity contribution is 5.92. The SMILES string of the molecule is Cc1cc(N=Nc2cccc(C(=O)O)c2)cc(C(=O)O)c1O. The zero-order valence-electron chi connectivity index (χ0n) is 11.5. The number of carbonyl (C=O) groups is 2. The van der Waals surface area contributed by atoms with Gasteiger partial charge in [-0.3, -0.25) is 0 Å². The van der Waals surface area contributed by atoms with Crippen LogP contribution < -0.4 is 0 Å². The molecule has 0 aliphatic heterocycles.